The Labute approximate surface area is 88.7 Å². The molecule has 1 unspecified atom stereocenters. The van der Waals surface area contributed by atoms with Gasteiger partial charge in [-0.15, -0.1) is 6.58 Å². The third kappa shape index (κ3) is 9.11. The van der Waals surface area contributed by atoms with Crippen LogP contribution in [0.5, 0.6) is 0 Å². The molecule has 0 saturated heterocycles. The maximum absolute atomic E-state index is 10.9. The molecule has 0 saturated carbocycles. The van der Waals surface area contributed by atoms with Gasteiger partial charge in [0, 0.05) is 0 Å². The molecular formula is C10H16O5. The van der Waals surface area contributed by atoms with Gasteiger partial charge in [-0.2, -0.15) is 0 Å². The predicted molar refractivity (Wildman–Crippen MR) is 53.3 cm³/mol. The second kappa shape index (κ2) is 8.14. The molecule has 0 amide bonds. The molecule has 0 radical (unpaired) electrons. The average molecular weight is 216 g/mol. The van der Waals surface area contributed by atoms with Gasteiger partial charge in [-0.05, 0) is 6.92 Å². The van der Waals surface area contributed by atoms with Crippen molar-refractivity contribution in [3.05, 3.63) is 12.7 Å². The van der Waals surface area contributed by atoms with E-state index in [1.807, 2.05) is 0 Å². The zero-order valence-corrected chi connectivity index (χ0v) is 8.77. The smallest absolute Gasteiger partial charge is 0.313 e. The van der Waals surface area contributed by atoms with Crippen molar-refractivity contribution in [3.8, 4) is 0 Å². The third-order valence-corrected chi connectivity index (χ3v) is 1.38. The van der Waals surface area contributed by atoms with Gasteiger partial charge in [0.15, 0.2) is 0 Å². The van der Waals surface area contributed by atoms with Crippen LogP contribution in [0.25, 0.3) is 0 Å². The number of rotatable bonds is 8. The molecule has 0 aromatic rings. The van der Waals surface area contributed by atoms with E-state index in [1.54, 1.807) is 6.08 Å². The second-order valence-corrected chi connectivity index (χ2v) is 3.04. The van der Waals surface area contributed by atoms with E-state index in [-0.39, 0.29) is 25.4 Å². The first-order valence-electron chi connectivity index (χ1n) is 4.58. The minimum absolute atomic E-state index is 0.0688. The van der Waals surface area contributed by atoms with Crippen LogP contribution < -0.4 is 0 Å². The molecular weight excluding hydrogens is 200 g/mol. The summed E-state index contributed by atoms with van der Waals surface area (Å²) in [5.74, 6) is -0.900. The molecule has 86 valence electrons. The van der Waals surface area contributed by atoms with E-state index in [0.717, 1.165) is 0 Å². The van der Waals surface area contributed by atoms with E-state index in [2.05, 4.69) is 11.3 Å². The van der Waals surface area contributed by atoms with Gasteiger partial charge < -0.3 is 14.6 Å². The molecule has 5 heteroatoms. The van der Waals surface area contributed by atoms with E-state index >= 15 is 0 Å². The van der Waals surface area contributed by atoms with Gasteiger partial charge in [0.05, 0.1) is 13.2 Å². The molecule has 1 N–H and O–H groups in total. The van der Waals surface area contributed by atoms with E-state index in [0.29, 0.717) is 6.61 Å². The molecule has 1 atom stereocenters. The van der Waals surface area contributed by atoms with E-state index in [4.69, 9.17) is 4.74 Å². The number of esters is 1. The predicted octanol–water partition coefficient (Wildman–Crippen LogP) is 0.0722. The molecule has 0 aliphatic rings. The van der Waals surface area contributed by atoms with Gasteiger partial charge in [-0.3, -0.25) is 9.59 Å². The zero-order chi connectivity index (χ0) is 11.7. The number of hydrogen-bond donors (Lipinski definition) is 1. The highest BCUT2D eigenvalue weighted by molar-refractivity contribution is 5.94. The number of aliphatic hydroxyl groups excluding tert-OH is 1. The first kappa shape index (κ1) is 13.8. The van der Waals surface area contributed by atoms with Crippen LogP contribution in [-0.2, 0) is 19.1 Å². The summed E-state index contributed by atoms with van der Waals surface area (Å²) in [4.78, 5) is 21.4. The molecule has 0 aliphatic heterocycles. The number of ketones is 1. The monoisotopic (exact) mass is 216 g/mol. The largest absolute Gasteiger partial charge is 0.463 e. The summed E-state index contributed by atoms with van der Waals surface area (Å²) in [6.45, 7) is 4.97. The minimum Gasteiger partial charge on any atom is -0.463 e. The molecule has 0 bridgehead atoms. The normalized spacial score (nSPS) is 11.9. The Balaban J connectivity index is 3.52. The van der Waals surface area contributed by atoms with Gasteiger partial charge in [-0.1, -0.05) is 6.08 Å². The second-order valence-electron chi connectivity index (χ2n) is 3.04. The SMILES string of the molecule is C=CCOCC(O)COC(=O)CC(C)=O. The van der Waals surface area contributed by atoms with E-state index in [1.165, 1.54) is 6.92 Å². The summed E-state index contributed by atoms with van der Waals surface area (Å²) in [5, 5.41) is 9.24. The van der Waals surface area contributed by atoms with E-state index in [9.17, 15) is 14.7 Å². The number of hydrogen-bond acceptors (Lipinski definition) is 5. The summed E-state index contributed by atoms with van der Waals surface area (Å²) in [6, 6.07) is 0. The fraction of sp³-hybridized carbons (Fsp3) is 0.600. The quantitative estimate of drug-likeness (QED) is 0.269. The Hall–Kier alpha value is -1.20. The van der Waals surface area contributed by atoms with Crippen LogP contribution in [0, 0.1) is 0 Å². The van der Waals surface area contributed by atoms with Crippen LogP contribution in [0.2, 0.25) is 0 Å². The molecule has 15 heavy (non-hydrogen) atoms. The summed E-state index contributed by atoms with van der Waals surface area (Å²) >= 11 is 0. The Morgan fingerprint density at radius 1 is 1.47 bits per heavy atom. The van der Waals surface area contributed by atoms with Gasteiger partial charge >= 0.3 is 5.97 Å². The highest BCUT2D eigenvalue weighted by Gasteiger charge is 2.10. The highest BCUT2D eigenvalue weighted by atomic mass is 16.5. The van der Waals surface area contributed by atoms with Crippen LogP contribution >= 0.6 is 0 Å². The lowest BCUT2D eigenvalue weighted by Crippen LogP contribution is -2.24. The first-order chi connectivity index (χ1) is 7.06. The maximum Gasteiger partial charge on any atom is 0.313 e. The van der Waals surface area contributed by atoms with Crippen LogP contribution in [0.1, 0.15) is 13.3 Å². The number of Topliss-reactive ketones (excluding diaryl/α,β-unsaturated/α-hetero) is 1. The molecule has 0 aromatic carbocycles. The lowest BCUT2D eigenvalue weighted by atomic mass is 10.3. The van der Waals surface area contributed by atoms with Gasteiger partial charge in [0.25, 0.3) is 0 Å². The van der Waals surface area contributed by atoms with Crippen LogP contribution in [-0.4, -0.2) is 42.8 Å². The Morgan fingerprint density at radius 2 is 2.13 bits per heavy atom. The van der Waals surface area contributed by atoms with Gasteiger partial charge in [0.2, 0.25) is 0 Å². The van der Waals surface area contributed by atoms with Gasteiger partial charge in [-0.25, -0.2) is 0 Å². The molecule has 0 aromatic heterocycles. The van der Waals surface area contributed by atoms with Crippen LogP contribution in [0.3, 0.4) is 0 Å². The lowest BCUT2D eigenvalue weighted by Gasteiger charge is -2.10. The molecule has 0 heterocycles. The molecule has 0 spiro atoms. The summed E-state index contributed by atoms with van der Waals surface area (Å²) in [5.41, 5.74) is 0. The van der Waals surface area contributed by atoms with Crippen molar-refractivity contribution >= 4 is 11.8 Å². The Morgan fingerprint density at radius 3 is 2.67 bits per heavy atom. The fourth-order valence-corrected chi connectivity index (χ4v) is 0.779. The van der Waals surface area contributed by atoms with Gasteiger partial charge in [0.1, 0.15) is 24.9 Å². The van der Waals surface area contributed by atoms with Crippen molar-refractivity contribution in [1.82, 2.24) is 0 Å². The number of aliphatic hydroxyl groups is 1. The highest BCUT2D eigenvalue weighted by Crippen LogP contribution is 1.92. The summed E-state index contributed by atoms with van der Waals surface area (Å²) in [7, 11) is 0. The topological polar surface area (TPSA) is 72.8 Å². The minimum atomic E-state index is -0.874. The Bertz CT molecular complexity index is 224. The van der Waals surface area contributed by atoms with Crippen molar-refractivity contribution in [2.24, 2.45) is 0 Å². The summed E-state index contributed by atoms with van der Waals surface area (Å²) < 4.78 is 9.56. The van der Waals surface area contributed by atoms with Crippen LogP contribution in [0.15, 0.2) is 12.7 Å². The van der Waals surface area contributed by atoms with Crippen molar-refractivity contribution < 1.29 is 24.2 Å². The number of carbonyl (C=O) groups is 2. The maximum atomic E-state index is 10.9. The van der Waals surface area contributed by atoms with Crippen molar-refractivity contribution in [3.63, 3.8) is 0 Å². The number of carbonyl (C=O) groups excluding carboxylic acids is 2. The molecule has 0 fully saturated rings. The standard InChI is InChI=1S/C10H16O5/c1-3-4-14-6-9(12)7-15-10(13)5-8(2)11/h3,9,12H,1,4-7H2,2H3. The summed E-state index contributed by atoms with van der Waals surface area (Å²) in [6.07, 6.45) is 0.412. The fourth-order valence-electron chi connectivity index (χ4n) is 0.779. The zero-order valence-electron chi connectivity index (χ0n) is 8.77. The third-order valence-electron chi connectivity index (χ3n) is 1.38. The lowest BCUT2D eigenvalue weighted by molar-refractivity contribution is -0.149. The van der Waals surface area contributed by atoms with Crippen molar-refractivity contribution in [2.75, 3.05) is 19.8 Å². The molecule has 0 rings (SSSR count). The average Bonchev–Trinajstić information content (AvgIpc) is 2.14. The van der Waals surface area contributed by atoms with Crippen LogP contribution in [0.4, 0.5) is 0 Å². The molecule has 0 aliphatic carbocycles. The van der Waals surface area contributed by atoms with Crippen molar-refractivity contribution in [2.45, 2.75) is 19.4 Å². The van der Waals surface area contributed by atoms with Crippen molar-refractivity contribution in [1.29, 1.82) is 0 Å². The van der Waals surface area contributed by atoms with E-state index < -0.39 is 12.1 Å². The Kier molecular flexibility index (Phi) is 7.49. The molecule has 5 nitrogen and oxygen atoms in total. The first-order valence-corrected chi connectivity index (χ1v) is 4.58. The number of ether oxygens (including phenoxy) is 2.